The molecule has 0 aliphatic rings. The van der Waals surface area contributed by atoms with Crippen molar-refractivity contribution in [2.24, 2.45) is 0 Å². The van der Waals surface area contributed by atoms with Crippen LogP contribution in [0, 0.1) is 0 Å². The molecule has 20 heavy (non-hydrogen) atoms. The third-order valence-electron chi connectivity index (χ3n) is 3.05. The quantitative estimate of drug-likeness (QED) is 0.621. The van der Waals surface area contributed by atoms with E-state index in [4.69, 9.17) is 25.3 Å². The lowest BCUT2D eigenvalue weighted by molar-refractivity contribution is 0.815. The first-order chi connectivity index (χ1) is 9.29. The molecule has 0 aliphatic carbocycles. The van der Waals surface area contributed by atoms with Crippen LogP contribution in [0.5, 0.6) is 0 Å². The second-order valence-corrected chi connectivity index (χ2v) is 10.1. The van der Waals surface area contributed by atoms with Crippen molar-refractivity contribution in [3.05, 3.63) is 35.4 Å². The highest BCUT2D eigenvalue weighted by Gasteiger charge is 2.15. The first kappa shape index (κ1) is 18.7. The smallest absolute Gasteiger partial charge is 0.0192 e. The molecular formula is C16H24S4-2. The monoisotopic (exact) mass is 344 g/mol. The number of hydrogen-bond acceptors (Lipinski definition) is 4. The summed E-state index contributed by atoms with van der Waals surface area (Å²) in [5.41, 5.74) is 2.86. The molecule has 0 spiro atoms. The van der Waals surface area contributed by atoms with Gasteiger partial charge in [0.15, 0.2) is 0 Å². The summed E-state index contributed by atoms with van der Waals surface area (Å²) in [6, 6.07) is 8.73. The molecule has 4 heteroatoms. The van der Waals surface area contributed by atoms with Gasteiger partial charge in [0.1, 0.15) is 0 Å². The summed E-state index contributed by atoms with van der Waals surface area (Å²) in [6.07, 6.45) is 0. The van der Waals surface area contributed by atoms with Gasteiger partial charge in [-0.05, 0) is 20.6 Å². The highest BCUT2D eigenvalue weighted by molar-refractivity contribution is 8.00. The molecule has 0 heterocycles. The Kier molecular flexibility index (Phi) is 7.75. The van der Waals surface area contributed by atoms with E-state index in [1.165, 1.54) is 11.1 Å². The van der Waals surface area contributed by atoms with Gasteiger partial charge < -0.3 is 25.3 Å². The Morgan fingerprint density at radius 2 is 1.15 bits per heavy atom. The van der Waals surface area contributed by atoms with Crippen molar-refractivity contribution in [1.82, 2.24) is 0 Å². The molecule has 0 saturated carbocycles. The van der Waals surface area contributed by atoms with E-state index in [0.717, 1.165) is 23.0 Å². The van der Waals surface area contributed by atoms with E-state index < -0.39 is 0 Å². The van der Waals surface area contributed by atoms with Crippen molar-refractivity contribution in [3.8, 4) is 0 Å². The normalized spacial score (nSPS) is 12.7. The summed E-state index contributed by atoms with van der Waals surface area (Å²) in [4.78, 5) is 0. The molecule has 0 radical (unpaired) electrons. The van der Waals surface area contributed by atoms with Crippen LogP contribution in [0.1, 0.15) is 38.8 Å². The molecule has 1 rings (SSSR count). The number of hydrogen-bond donors (Lipinski definition) is 0. The lowest BCUT2D eigenvalue weighted by Crippen LogP contribution is -2.19. The summed E-state index contributed by atoms with van der Waals surface area (Å²) in [5, 5.41) is 0. The standard InChI is InChI=1S/C16H26S4/c1-15(2,11-17)19-9-13-7-5-6-8-14(13)10-20-16(3,4)12-18/h5-8,17-18H,9-12H2,1-4H3/p-2. The first-order valence-corrected chi connectivity index (χ1v) is 9.93. The number of rotatable bonds is 8. The predicted octanol–water partition coefficient (Wildman–Crippen LogP) is 4.80. The molecule has 114 valence electrons. The molecule has 0 amide bonds. The van der Waals surface area contributed by atoms with Crippen molar-refractivity contribution in [2.45, 2.75) is 48.7 Å². The highest BCUT2D eigenvalue weighted by Crippen LogP contribution is 2.32. The third-order valence-corrected chi connectivity index (χ3v) is 7.62. The van der Waals surface area contributed by atoms with E-state index in [1.807, 2.05) is 23.5 Å². The molecule has 0 fully saturated rings. The first-order valence-electron chi connectivity index (χ1n) is 6.80. The van der Waals surface area contributed by atoms with Crippen molar-refractivity contribution in [1.29, 1.82) is 0 Å². The minimum absolute atomic E-state index is 0.176. The van der Waals surface area contributed by atoms with E-state index in [2.05, 4.69) is 52.0 Å². The second-order valence-electron chi connectivity index (χ2n) is 6.15. The molecule has 0 nitrogen and oxygen atoms in total. The van der Waals surface area contributed by atoms with Gasteiger partial charge in [-0.15, -0.1) is 0 Å². The highest BCUT2D eigenvalue weighted by atomic mass is 32.2. The summed E-state index contributed by atoms with van der Waals surface area (Å²) in [5.74, 6) is 3.65. The van der Waals surface area contributed by atoms with Gasteiger partial charge in [0, 0.05) is 11.5 Å². The fourth-order valence-electron chi connectivity index (χ4n) is 1.47. The Morgan fingerprint density at radius 1 is 0.800 bits per heavy atom. The van der Waals surface area contributed by atoms with Gasteiger partial charge >= 0.3 is 0 Å². The molecule has 0 N–H and O–H groups in total. The van der Waals surface area contributed by atoms with Crippen molar-refractivity contribution in [2.75, 3.05) is 11.5 Å². The van der Waals surface area contributed by atoms with E-state index in [9.17, 15) is 0 Å². The summed E-state index contributed by atoms with van der Waals surface area (Å²) < 4.78 is 0.352. The van der Waals surface area contributed by atoms with Crippen LogP contribution in [0.2, 0.25) is 0 Å². The summed E-state index contributed by atoms with van der Waals surface area (Å²) >= 11 is 14.3. The Hall–Kier alpha value is 0.620. The lowest BCUT2D eigenvalue weighted by Gasteiger charge is -2.29. The molecule has 0 aliphatic heterocycles. The van der Waals surface area contributed by atoms with Crippen LogP contribution >= 0.6 is 23.5 Å². The van der Waals surface area contributed by atoms with Gasteiger partial charge in [-0.25, -0.2) is 0 Å². The van der Waals surface area contributed by atoms with Gasteiger partial charge in [0.25, 0.3) is 0 Å². The molecule has 0 unspecified atom stereocenters. The van der Waals surface area contributed by atoms with Gasteiger partial charge in [0.2, 0.25) is 0 Å². The van der Waals surface area contributed by atoms with E-state index in [1.54, 1.807) is 0 Å². The minimum atomic E-state index is 0.176. The SMILES string of the molecule is CC(C)(C[S-])SCc1ccccc1CSC(C)(C)C[S-]. The molecular weight excluding hydrogens is 320 g/mol. The van der Waals surface area contributed by atoms with Crippen molar-refractivity contribution < 1.29 is 0 Å². The second kappa shape index (κ2) is 8.30. The Morgan fingerprint density at radius 3 is 1.45 bits per heavy atom. The zero-order chi connectivity index (χ0) is 15.2. The van der Waals surface area contributed by atoms with Crippen LogP contribution in [-0.2, 0) is 36.8 Å². The van der Waals surface area contributed by atoms with Crippen LogP contribution in [0.15, 0.2) is 24.3 Å². The maximum atomic E-state index is 5.22. The predicted molar refractivity (Wildman–Crippen MR) is 102 cm³/mol. The maximum absolute atomic E-state index is 5.22. The van der Waals surface area contributed by atoms with Crippen LogP contribution in [0.4, 0.5) is 0 Å². The Labute approximate surface area is 144 Å². The van der Waals surface area contributed by atoms with Crippen LogP contribution in [0.25, 0.3) is 0 Å². The zero-order valence-electron chi connectivity index (χ0n) is 12.8. The average molecular weight is 345 g/mol. The Bertz CT molecular complexity index is 374. The molecule has 0 aromatic heterocycles. The summed E-state index contributed by atoms with van der Waals surface area (Å²) in [7, 11) is 0. The average Bonchev–Trinajstić information content (AvgIpc) is 2.44. The fraction of sp³-hybridized carbons (Fsp3) is 0.625. The third kappa shape index (κ3) is 6.59. The van der Waals surface area contributed by atoms with Gasteiger partial charge in [0.05, 0.1) is 0 Å². The van der Waals surface area contributed by atoms with Gasteiger partial charge in [-0.1, -0.05) is 52.0 Å². The molecule has 1 aromatic carbocycles. The zero-order valence-corrected chi connectivity index (χ0v) is 16.0. The number of benzene rings is 1. The fourth-order valence-corrected chi connectivity index (χ4v) is 3.79. The minimum Gasteiger partial charge on any atom is -0.791 e. The molecule has 0 atom stereocenters. The van der Waals surface area contributed by atoms with E-state index in [0.29, 0.717) is 0 Å². The van der Waals surface area contributed by atoms with Crippen LogP contribution in [0.3, 0.4) is 0 Å². The topological polar surface area (TPSA) is 0 Å². The van der Waals surface area contributed by atoms with E-state index in [-0.39, 0.29) is 9.49 Å². The Balaban J connectivity index is 2.69. The molecule has 0 saturated heterocycles. The van der Waals surface area contributed by atoms with Crippen molar-refractivity contribution >= 4 is 48.8 Å². The largest absolute Gasteiger partial charge is 0.791 e. The van der Waals surface area contributed by atoms with Crippen LogP contribution in [-0.4, -0.2) is 21.0 Å². The molecule has 0 bridgehead atoms. The molecule has 1 aromatic rings. The maximum Gasteiger partial charge on any atom is 0.0192 e. The lowest BCUT2D eigenvalue weighted by atomic mass is 10.1. The number of thioether (sulfide) groups is 2. The van der Waals surface area contributed by atoms with Crippen LogP contribution < -0.4 is 0 Å². The summed E-state index contributed by atoms with van der Waals surface area (Å²) in [6.45, 7) is 8.90. The van der Waals surface area contributed by atoms with Gasteiger partial charge in [-0.2, -0.15) is 35.0 Å². The van der Waals surface area contributed by atoms with Gasteiger partial charge in [-0.3, -0.25) is 0 Å². The van der Waals surface area contributed by atoms with E-state index >= 15 is 0 Å². The van der Waals surface area contributed by atoms with Crippen molar-refractivity contribution in [3.63, 3.8) is 0 Å².